The van der Waals surface area contributed by atoms with Crippen molar-refractivity contribution in [2.24, 2.45) is 7.05 Å². The van der Waals surface area contributed by atoms with Crippen LogP contribution in [-0.4, -0.2) is 31.7 Å². The van der Waals surface area contributed by atoms with Crippen LogP contribution in [0.15, 0.2) is 35.1 Å². The Morgan fingerprint density at radius 3 is 2.44 bits per heavy atom. The third-order valence-electron chi connectivity index (χ3n) is 4.02. The van der Waals surface area contributed by atoms with Gasteiger partial charge in [-0.3, -0.25) is 19.1 Å². The molecule has 0 bridgehead atoms. The normalized spacial score (nSPS) is 17.4. The van der Waals surface area contributed by atoms with Crippen molar-refractivity contribution in [1.82, 2.24) is 9.36 Å². The van der Waals surface area contributed by atoms with Gasteiger partial charge in [0.15, 0.2) is 0 Å². The number of carboxylic acid groups (broad SMARTS) is 1. The molecule has 0 spiro atoms. The summed E-state index contributed by atoms with van der Waals surface area (Å²) in [6, 6.07) is 8.79. The Labute approximate surface area is 146 Å². The maximum absolute atomic E-state index is 12.9. The molecule has 1 saturated heterocycles. The summed E-state index contributed by atoms with van der Waals surface area (Å²) in [4.78, 5) is 49.1. The molecular weight excluding hydrogens is 346 g/mol. The predicted molar refractivity (Wildman–Crippen MR) is 89.6 cm³/mol. The summed E-state index contributed by atoms with van der Waals surface area (Å²) in [6.07, 6.45) is -0.579. The number of aliphatic carboxylic acids is 1. The molecule has 2 aromatic rings. The monoisotopic (exact) mass is 360 g/mol. The van der Waals surface area contributed by atoms with E-state index in [0.29, 0.717) is 23.1 Å². The van der Waals surface area contributed by atoms with E-state index in [4.69, 9.17) is 0 Å². The highest BCUT2D eigenvalue weighted by atomic mass is 32.2. The van der Waals surface area contributed by atoms with Crippen LogP contribution in [0.1, 0.15) is 12.1 Å². The number of amides is 2. The van der Waals surface area contributed by atoms with E-state index in [2.05, 4.69) is 0 Å². The minimum absolute atomic E-state index is 0.0605. The van der Waals surface area contributed by atoms with Crippen molar-refractivity contribution in [3.8, 4) is 5.69 Å². The second-order valence-electron chi connectivity index (χ2n) is 5.53. The van der Waals surface area contributed by atoms with Gasteiger partial charge in [-0.25, -0.2) is 9.58 Å². The lowest BCUT2D eigenvalue weighted by Crippen LogP contribution is -2.37. The molecule has 1 aromatic carbocycles. The molecule has 0 radical (unpaired) electrons. The summed E-state index contributed by atoms with van der Waals surface area (Å²) >= 11 is 0.592. The Morgan fingerprint density at radius 1 is 1.20 bits per heavy atom. The largest absolute Gasteiger partial charge is 0.550 e. The second kappa shape index (κ2) is 6.25. The van der Waals surface area contributed by atoms with E-state index < -0.39 is 34.3 Å². The van der Waals surface area contributed by atoms with Crippen LogP contribution in [0.4, 0.5) is 10.5 Å². The number of imide groups is 1. The molecule has 1 aromatic heterocycles. The first-order valence-electron chi connectivity index (χ1n) is 7.41. The fourth-order valence-corrected chi connectivity index (χ4v) is 3.71. The second-order valence-corrected chi connectivity index (χ2v) is 6.69. The molecule has 9 heteroatoms. The summed E-state index contributed by atoms with van der Waals surface area (Å²) < 4.78 is 2.90. The molecule has 0 saturated carbocycles. The van der Waals surface area contributed by atoms with E-state index in [0.717, 1.165) is 4.90 Å². The number of benzene rings is 1. The van der Waals surface area contributed by atoms with E-state index in [1.165, 1.54) is 4.68 Å². The van der Waals surface area contributed by atoms with Crippen LogP contribution < -0.4 is 15.6 Å². The lowest BCUT2D eigenvalue weighted by atomic mass is 10.2. The smallest absolute Gasteiger partial charge is 0.296 e. The van der Waals surface area contributed by atoms with E-state index in [9.17, 15) is 24.3 Å². The number of aromatic nitrogens is 2. The van der Waals surface area contributed by atoms with Crippen LogP contribution in [0.25, 0.3) is 5.69 Å². The quantitative estimate of drug-likeness (QED) is 0.771. The van der Waals surface area contributed by atoms with Crippen molar-refractivity contribution in [2.45, 2.75) is 18.6 Å². The van der Waals surface area contributed by atoms with Crippen LogP contribution in [0, 0.1) is 6.92 Å². The number of thioether (sulfide) groups is 1. The molecule has 0 N–H and O–H groups in total. The molecule has 2 amide bonds. The van der Waals surface area contributed by atoms with Gasteiger partial charge in [-0.2, -0.15) is 0 Å². The van der Waals surface area contributed by atoms with Crippen LogP contribution in [-0.2, 0) is 16.6 Å². The highest BCUT2D eigenvalue weighted by Gasteiger charge is 2.43. The molecule has 8 nitrogen and oxygen atoms in total. The molecule has 130 valence electrons. The molecule has 1 aliphatic heterocycles. The number of anilines is 1. The number of carbonyl (C=O) groups is 3. The molecule has 25 heavy (non-hydrogen) atoms. The molecular formula is C16H14N3O5S-. The molecule has 0 aliphatic carbocycles. The van der Waals surface area contributed by atoms with Crippen LogP contribution in [0.2, 0.25) is 0 Å². The maximum Gasteiger partial charge on any atom is 0.296 e. The molecule has 1 aliphatic rings. The zero-order valence-electron chi connectivity index (χ0n) is 13.5. The van der Waals surface area contributed by atoms with Crippen molar-refractivity contribution < 1.29 is 19.5 Å². The fourth-order valence-electron chi connectivity index (χ4n) is 2.75. The number of rotatable bonds is 4. The van der Waals surface area contributed by atoms with Gasteiger partial charge in [-0.1, -0.05) is 30.0 Å². The van der Waals surface area contributed by atoms with Crippen molar-refractivity contribution >= 4 is 34.6 Å². The van der Waals surface area contributed by atoms with Gasteiger partial charge in [0, 0.05) is 19.4 Å². The zero-order valence-corrected chi connectivity index (χ0v) is 14.3. The molecule has 2 heterocycles. The summed E-state index contributed by atoms with van der Waals surface area (Å²) in [5.41, 5.74) is 0.421. The van der Waals surface area contributed by atoms with E-state index in [1.807, 2.05) is 0 Å². The molecule has 1 unspecified atom stereocenters. The van der Waals surface area contributed by atoms with Gasteiger partial charge in [-0.05, 0) is 19.1 Å². The number of carboxylic acids is 1. The Hall–Kier alpha value is -2.81. The zero-order chi connectivity index (χ0) is 18.3. The van der Waals surface area contributed by atoms with Gasteiger partial charge in [0.25, 0.3) is 10.8 Å². The number of carbonyl (C=O) groups excluding carboxylic acids is 3. The molecule has 1 atom stereocenters. The van der Waals surface area contributed by atoms with Gasteiger partial charge in [0.2, 0.25) is 5.91 Å². The van der Waals surface area contributed by atoms with Crippen LogP contribution >= 0.6 is 11.8 Å². The Balaban J connectivity index is 2.10. The number of hydrogen-bond donors (Lipinski definition) is 0. The molecule has 3 rings (SSSR count). The Kier molecular flexibility index (Phi) is 4.25. The fraction of sp³-hybridized carbons (Fsp3) is 0.250. The van der Waals surface area contributed by atoms with Crippen LogP contribution in [0.5, 0.6) is 0 Å². The first kappa shape index (κ1) is 17.0. The van der Waals surface area contributed by atoms with Crippen molar-refractivity contribution in [3.63, 3.8) is 0 Å². The minimum Gasteiger partial charge on any atom is -0.550 e. The van der Waals surface area contributed by atoms with E-state index in [1.54, 1.807) is 49.0 Å². The summed E-state index contributed by atoms with van der Waals surface area (Å²) in [6.45, 7) is 1.62. The Morgan fingerprint density at radius 2 is 1.84 bits per heavy atom. The topological polar surface area (TPSA) is 104 Å². The third kappa shape index (κ3) is 2.76. The average molecular weight is 360 g/mol. The van der Waals surface area contributed by atoms with Gasteiger partial charge < -0.3 is 9.90 Å². The number of para-hydroxylation sites is 1. The number of nitrogens with zero attached hydrogens (tertiary/aromatic N) is 3. The van der Waals surface area contributed by atoms with Crippen LogP contribution in [0.3, 0.4) is 0 Å². The third-order valence-corrected chi connectivity index (χ3v) is 5.06. The van der Waals surface area contributed by atoms with Gasteiger partial charge >= 0.3 is 0 Å². The highest BCUT2D eigenvalue weighted by molar-refractivity contribution is 8.15. The first-order valence-corrected chi connectivity index (χ1v) is 8.29. The molecule has 1 fully saturated rings. The first-order chi connectivity index (χ1) is 11.8. The van der Waals surface area contributed by atoms with Crippen molar-refractivity contribution in [2.75, 3.05) is 4.90 Å². The van der Waals surface area contributed by atoms with Gasteiger partial charge in [-0.15, -0.1) is 0 Å². The van der Waals surface area contributed by atoms with Crippen molar-refractivity contribution in [3.05, 3.63) is 46.4 Å². The maximum atomic E-state index is 12.9. The average Bonchev–Trinajstić information content (AvgIpc) is 2.94. The lowest BCUT2D eigenvalue weighted by Gasteiger charge is -2.12. The summed E-state index contributed by atoms with van der Waals surface area (Å²) in [7, 11) is 1.64. The lowest BCUT2D eigenvalue weighted by molar-refractivity contribution is -0.305. The van der Waals surface area contributed by atoms with E-state index >= 15 is 0 Å². The van der Waals surface area contributed by atoms with Crippen molar-refractivity contribution in [1.29, 1.82) is 0 Å². The van der Waals surface area contributed by atoms with Gasteiger partial charge in [0.05, 0.1) is 16.6 Å². The Bertz CT molecular complexity index is 931. The number of hydrogen-bond acceptors (Lipinski definition) is 6. The minimum atomic E-state index is -1.42. The highest BCUT2D eigenvalue weighted by Crippen LogP contribution is 2.33. The standard InChI is InChI=1S/C16H15N3O5S/c1-9-13(18-14(22)11(8-12(20)21)25-16(18)24)15(23)19(17(9)2)10-6-4-3-5-7-10/h3-7,11H,8H2,1-2H3,(H,20,21)/p-1. The SMILES string of the molecule is Cc1c(N2C(=O)SC(CC(=O)[O-])C2=O)c(=O)n(-c2ccccc2)n1C. The predicted octanol–water partition coefficient (Wildman–Crippen LogP) is 0.193. The summed E-state index contributed by atoms with van der Waals surface area (Å²) in [5, 5.41) is 9.01. The summed E-state index contributed by atoms with van der Waals surface area (Å²) in [5.74, 6) is -2.14. The van der Waals surface area contributed by atoms with E-state index in [-0.39, 0.29) is 5.69 Å². The van der Waals surface area contributed by atoms with Gasteiger partial charge in [0.1, 0.15) is 5.69 Å².